The van der Waals surface area contributed by atoms with Crippen molar-refractivity contribution in [2.24, 2.45) is 0 Å². The number of esters is 1. The molecule has 0 fully saturated rings. The summed E-state index contributed by atoms with van der Waals surface area (Å²) in [5, 5.41) is 7.28. The first-order valence-electron chi connectivity index (χ1n) is 11.2. The summed E-state index contributed by atoms with van der Waals surface area (Å²) in [7, 11) is 0. The third kappa shape index (κ3) is 4.50. The first-order chi connectivity index (χ1) is 16.4. The molecule has 0 saturated heterocycles. The van der Waals surface area contributed by atoms with E-state index in [2.05, 4.69) is 10.4 Å². The number of nitrogens with zero attached hydrogens (tertiary/aromatic N) is 4. The number of rotatable bonds is 8. The molecule has 0 aliphatic heterocycles. The van der Waals surface area contributed by atoms with Crippen molar-refractivity contribution in [3.63, 3.8) is 0 Å². The second-order valence-electron chi connectivity index (χ2n) is 7.92. The molecule has 2 aromatic heterocycles. The van der Waals surface area contributed by atoms with Crippen LogP contribution in [0.5, 0.6) is 0 Å². The molecule has 2 aromatic carbocycles. The minimum atomic E-state index is -0.552. The summed E-state index contributed by atoms with van der Waals surface area (Å²) in [5.74, 6) is -1.00. The van der Waals surface area contributed by atoms with Crippen molar-refractivity contribution in [3.05, 3.63) is 76.5 Å². The van der Waals surface area contributed by atoms with Gasteiger partial charge in [-0.1, -0.05) is 30.3 Å². The Balaban J connectivity index is 1.36. The first kappa shape index (κ1) is 23.0. The van der Waals surface area contributed by atoms with Gasteiger partial charge in [-0.3, -0.25) is 18.7 Å². The maximum Gasteiger partial charge on any atom is 0.329 e. The number of anilines is 1. The highest BCUT2D eigenvalue weighted by Crippen LogP contribution is 2.22. The number of amides is 1. The summed E-state index contributed by atoms with van der Waals surface area (Å²) in [6.07, 6.45) is -0.0189. The molecule has 0 atom stereocenters. The van der Waals surface area contributed by atoms with Gasteiger partial charge in [0, 0.05) is 13.1 Å². The molecule has 34 heavy (non-hydrogen) atoms. The fraction of sp³-hybridized carbons (Fsp3) is 0.280. The Hall–Kier alpha value is -4.14. The van der Waals surface area contributed by atoms with Gasteiger partial charge in [0.05, 0.1) is 40.2 Å². The van der Waals surface area contributed by atoms with Crippen LogP contribution in [-0.2, 0) is 27.4 Å². The number of aromatic nitrogens is 4. The number of hydrogen-bond donors (Lipinski definition) is 1. The highest BCUT2D eigenvalue weighted by molar-refractivity contribution is 5.94. The van der Waals surface area contributed by atoms with E-state index in [0.29, 0.717) is 17.9 Å². The monoisotopic (exact) mass is 461 g/mol. The van der Waals surface area contributed by atoms with Gasteiger partial charge in [0.15, 0.2) is 6.61 Å². The molecule has 9 nitrogen and oxygen atoms in total. The average Bonchev–Trinajstić information content (AvgIpc) is 3.28. The van der Waals surface area contributed by atoms with Gasteiger partial charge in [-0.05, 0) is 45.0 Å². The lowest BCUT2D eigenvalue weighted by Gasteiger charge is -2.08. The molecule has 2 heterocycles. The lowest BCUT2D eigenvalue weighted by Crippen LogP contribution is -2.26. The molecule has 4 aromatic rings. The van der Waals surface area contributed by atoms with Gasteiger partial charge in [0.2, 0.25) is 0 Å². The van der Waals surface area contributed by atoms with Crippen LogP contribution in [0.25, 0.3) is 16.7 Å². The average molecular weight is 462 g/mol. The van der Waals surface area contributed by atoms with Crippen molar-refractivity contribution in [2.75, 3.05) is 11.9 Å². The highest BCUT2D eigenvalue weighted by Gasteiger charge is 2.17. The van der Waals surface area contributed by atoms with Gasteiger partial charge < -0.3 is 10.1 Å². The van der Waals surface area contributed by atoms with Crippen LogP contribution in [0, 0.1) is 13.8 Å². The summed E-state index contributed by atoms with van der Waals surface area (Å²) in [5.41, 5.74) is 4.32. The van der Waals surface area contributed by atoms with E-state index >= 15 is 0 Å². The Morgan fingerprint density at radius 2 is 1.62 bits per heavy atom. The van der Waals surface area contributed by atoms with Gasteiger partial charge >= 0.3 is 11.7 Å². The minimum absolute atomic E-state index is 0.0189. The van der Waals surface area contributed by atoms with Gasteiger partial charge in [0.1, 0.15) is 0 Å². The van der Waals surface area contributed by atoms with Gasteiger partial charge in [0.25, 0.3) is 5.91 Å². The Morgan fingerprint density at radius 3 is 2.29 bits per heavy atom. The second kappa shape index (κ2) is 9.78. The topological polar surface area (TPSA) is 100 Å². The maximum absolute atomic E-state index is 12.7. The molecule has 1 N–H and O–H groups in total. The molecular weight excluding hydrogens is 434 g/mol. The molecule has 0 radical (unpaired) electrons. The summed E-state index contributed by atoms with van der Waals surface area (Å²) in [4.78, 5) is 37.4. The zero-order valence-electron chi connectivity index (χ0n) is 19.4. The summed E-state index contributed by atoms with van der Waals surface area (Å²) in [6.45, 7) is 5.86. The van der Waals surface area contributed by atoms with Crippen molar-refractivity contribution in [2.45, 2.75) is 40.3 Å². The Bertz CT molecular complexity index is 1400. The smallest absolute Gasteiger partial charge is 0.329 e. The van der Waals surface area contributed by atoms with E-state index in [9.17, 15) is 14.4 Å². The van der Waals surface area contributed by atoms with Crippen LogP contribution in [0.1, 0.15) is 24.7 Å². The number of fused-ring (bicyclic) bond motifs is 1. The minimum Gasteiger partial charge on any atom is -0.456 e. The predicted octanol–water partition coefficient (Wildman–Crippen LogP) is 3.20. The molecule has 1 amide bonds. The lowest BCUT2D eigenvalue weighted by atomic mass is 10.3. The molecule has 0 unspecified atom stereocenters. The van der Waals surface area contributed by atoms with E-state index in [1.54, 1.807) is 20.7 Å². The molecule has 0 spiro atoms. The predicted molar refractivity (Wildman–Crippen MR) is 129 cm³/mol. The number of carbonyl (C=O) groups is 2. The summed E-state index contributed by atoms with van der Waals surface area (Å²) in [6, 6.07) is 17.1. The van der Waals surface area contributed by atoms with Gasteiger partial charge in [-0.25, -0.2) is 9.48 Å². The zero-order valence-corrected chi connectivity index (χ0v) is 19.4. The van der Waals surface area contributed by atoms with Crippen LogP contribution >= 0.6 is 0 Å². The maximum atomic E-state index is 12.7. The number of nitrogens with one attached hydrogen (secondary N) is 1. The van der Waals surface area contributed by atoms with E-state index in [1.807, 2.05) is 68.4 Å². The molecular formula is C25H27N5O4. The molecule has 0 saturated carbocycles. The van der Waals surface area contributed by atoms with E-state index in [0.717, 1.165) is 22.4 Å². The van der Waals surface area contributed by atoms with Crippen molar-refractivity contribution in [3.8, 4) is 5.69 Å². The van der Waals surface area contributed by atoms with E-state index in [4.69, 9.17) is 4.74 Å². The number of carbonyl (C=O) groups excluding carboxylic acids is 2. The molecule has 0 bridgehead atoms. The Labute approximate surface area is 196 Å². The van der Waals surface area contributed by atoms with Crippen molar-refractivity contribution in [1.82, 2.24) is 18.9 Å². The molecule has 0 aliphatic rings. The Kier molecular flexibility index (Phi) is 6.62. The van der Waals surface area contributed by atoms with Crippen LogP contribution in [0.3, 0.4) is 0 Å². The Morgan fingerprint density at radius 1 is 0.971 bits per heavy atom. The summed E-state index contributed by atoms with van der Waals surface area (Å²) >= 11 is 0. The third-order valence-corrected chi connectivity index (χ3v) is 5.70. The number of hydrogen-bond acceptors (Lipinski definition) is 5. The van der Waals surface area contributed by atoms with Crippen LogP contribution in [0.2, 0.25) is 0 Å². The SMILES string of the molecule is CCn1c(=O)n(CCC(=O)OCC(=O)Nc2c(C)nn(-c3ccccc3)c2C)c2ccccc21. The van der Waals surface area contributed by atoms with Gasteiger partial charge in [-0.15, -0.1) is 0 Å². The summed E-state index contributed by atoms with van der Waals surface area (Å²) < 4.78 is 10.1. The molecule has 9 heteroatoms. The van der Waals surface area contributed by atoms with Gasteiger partial charge in [-0.2, -0.15) is 5.10 Å². The van der Waals surface area contributed by atoms with Crippen LogP contribution in [0.15, 0.2) is 59.4 Å². The fourth-order valence-electron chi connectivity index (χ4n) is 4.04. The molecule has 0 aliphatic carbocycles. The highest BCUT2D eigenvalue weighted by atomic mass is 16.5. The second-order valence-corrected chi connectivity index (χ2v) is 7.92. The van der Waals surface area contributed by atoms with E-state index < -0.39 is 18.5 Å². The lowest BCUT2D eigenvalue weighted by molar-refractivity contribution is -0.147. The van der Waals surface area contributed by atoms with Crippen molar-refractivity contribution in [1.29, 1.82) is 0 Å². The zero-order chi connectivity index (χ0) is 24.2. The fourth-order valence-corrected chi connectivity index (χ4v) is 4.04. The third-order valence-electron chi connectivity index (χ3n) is 5.70. The number of imidazole rings is 1. The largest absolute Gasteiger partial charge is 0.456 e. The normalized spacial score (nSPS) is 11.0. The molecule has 176 valence electrons. The van der Waals surface area contributed by atoms with E-state index in [-0.39, 0.29) is 18.7 Å². The van der Waals surface area contributed by atoms with Crippen LogP contribution < -0.4 is 11.0 Å². The number of aryl methyl sites for hydroxylation is 3. The first-order valence-corrected chi connectivity index (χ1v) is 11.2. The van der Waals surface area contributed by atoms with Crippen molar-refractivity contribution < 1.29 is 14.3 Å². The number of para-hydroxylation sites is 3. The van der Waals surface area contributed by atoms with Crippen LogP contribution in [-0.4, -0.2) is 37.4 Å². The number of benzene rings is 2. The standard InChI is InChI=1S/C25H27N5O4/c1-4-28-20-12-8-9-13-21(20)29(25(28)33)15-14-23(32)34-16-22(31)26-24-17(2)27-30(18(24)3)19-10-6-5-7-11-19/h5-13H,4,14-16H2,1-3H3,(H,26,31). The van der Waals surface area contributed by atoms with Crippen LogP contribution in [0.4, 0.5) is 5.69 Å². The number of ether oxygens (including phenoxy) is 1. The quantitative estimate of drug-likeness (QED) is 0.406. The van der Waals surface area contributed by atoms with Crippen molar-refractivity contribution >= 4 is 28.6 Å². The van der Waals surface area contributed by atoms with E-state index in [1.165, 1.54) is 0 Å². The molecule has 4 rings (SSSR count).